The molecular formula is C29H26N2O5. The molecule has 2 aliphatic rings. The zero-order chi connectivity index (χ0) is 25.2. The highest BCUT2D eigenvalue weighted by molar-refractivity contribution is 6.46. The SMILES string of the molecule is C=CCOc1cccc([C@H]2/C(=C(\O)c3ccc4c(c3)C[C@@H](C)O4)C(=O)C(=O)N2Cc2cccnc2)c1. The highest BCUT2D eigenvalue weighted by atomic mass is 16.5. The quantitative estimate of drug-likeness (QED) is 0.229. The molecule has 36 heavy (non-hydrogen) atoms. The van der Waals surface area contributed by atoms with Gasteiger partial charge >= 0.3 is 0 Å². The molecule has 1 saturated heterocycles. The summed E-state index contributed by atoms with van der Waals surface area (Å²) < 4.78 is 11.5. The molecule has 3 aromatic rings. The van der Waals surface area contributed by atoms with Crippen molar-refractivity contribution in [3.8, 4) is 11.5 Å². The first kappa shape index (κ1) is 23.4. The largest absolute Gasteiger partial charge is 0.507 e. The van der Waals surface area contributed by atoms with Gasteiger partial charge in [0.2, 0.25) is 0 Å². The molecule has 182 valence electrons. The summed E-state index contributed by atoms with van der Waals surface area (Å²) in [5.74, 6) is -0.292. The molecule has 7 nitrogen and oxygen atoms in total. The van der Waals surface area contributed by atoms with Gasteiger partial charge in [0, 0.05) is 30.9 Å². The van der Waals surface area contributed by atoms with Crippen molar-refractivity contribution < 1.29 is 24.2 Å². The lowest BCUT2D eigenvalue weighted by molar-refractivity contribution is -0.140. The smallest absolute Gasteiger partial charge is 0.295 e. The Morgan fingerprint density at radius 2 is 2.08 bits per heavy atom. The topological polar surface area (TPSA) is 89.0 Å². The fourth-order valence-corrected chi connectivity index (χ4v) is 4.73. The van der Waals surface area contributed by atoms with Gasteiger partial charge in [-0.05, 0) is 60.0 Å². The maximum atomic E-state index is 13.4. The number of aromatic nitrogens is 1. The van der Waals surface area contributed by atoms with Gasteiger partial charge in [0.15, 0.2) is 0 Å². The Morgan fingerprint density at radius 3 is 2.86 bits per heavy atom. The van der Waals surface area contributed by atoms with Gasteiger partial charge in [0.25, 0.3) is 11.7 Å². The van der Waals surface area contributed by atoms with Gasteiger partial charge in [0.05, 0.1) is 11.6 Å². The van der Waals surface area contributed by atoms with E-state index in [1.165, 1.54) is 4.90 Å². The van der Waals surface area contributed by atoms with E-state index in [1.54, 1.807) is 54.9 Å². The minimum absolute atomic E-state index is 0.0386. The van der Waals surface area contributed by atoms with Crippen molar-refractivity contribution in [3.05, 3.63) is 107 Å². The Hall–Kier alpha value is -4.39. The number of rotatable bonds is 7. The highest BCUT2D eigenvalue weighted by Crippen LogP contribution is 2.42. The van der Waals surface area contributed by atoms with E-state index < -0.39 is 17.7 Å². The standard InChI is InChI=1S/C29H26N2O5/c1-3-12-35-23-8-4-7-20(15-23)26-25(27(32)21-9-10-24-22(14-21)13-18(2)36-24)28(33)29(34)31(26)17-19-6-5-11-30-16-19/h3-11,14-16,18,26,32H,1,12-13,17H2,2H3/b27-25+/t18-,26+/m1/s1. The highest BCUT2D eigenvalue weighted by Gasteiger charge is 2.46. The first-order valence-electron chi connectivity index (χ1n) is 11.8. The van der Waals surface area contributed by atoms with Gasteiger partial charge < -0.3 is 19.5 Å². The molecule has 7 heteroatoms. The van der Waals surface area contributed by atoms with Crippen LogP contribution in [0.1, 0.15) is 35.2 Å². The number of benzene rings is 2. The Labute approximate surface area is 209 Å². The van der Waals surface area contributed by atoms with Crippen LogP contribution in [0, 0.1) is 0 Å². The number of ether oxygens (including phenoxy) is 2. The van der Waals surface area contributed by atoms with Gasteiger partial charge in [0.1, 0.15) is 30.0 Å². The number of hydrogen-bond acceptors (Lipinski definition) is 6. The van der Waals surface area contributed by atoms with Crippen LogP contribution in [0.15, 0.2) is 85.2 Å². The van der Waals surface area contributed by atoms with Crippen LogP contribution in [-0.2, 0) is 22.6 Å². The van der Waals surface area contributed by atoms with E-state index in [-0.39, 0.29) is 24.0 Å². The molecule has 2 aromatic carbocycles. The summed E-state index contributed by atoms with van der Waals surface area (Å²) in [5, 5.41) is 11.4. The number of aliphatic hydroxyl groups is 1. The van der Waals surface area contributed by atoms with Crippen molar-refractivity contribution in [1.29, 1.82) is 0 Å². The van der Waals surface area contributed by atoms with E-state index in [1.807, 2.05) is 25.1 Å². The Kier molecular flexibility index (Phi) is 6.29. The second kappa shape index (κ2) is 9.70. The molecule has 0 bridgehead atoms. The van der Waals surface area contributed by atoms with Crippen LogP contribution in [-0.4, -0.2) is 39.4 Å². The van der Waals surface area contributed by atoms with Gasteiger partial charge in [-0.15, -0.1) is 0 Å². The third kappa shape index (κ3) is 4.35. The number of pyridine rings is 1. The Balaban J connectivity index is 1.62. The number of fused-ring (bicyclic) bond motifs is 1. The number of Topliss-reactive ketones (excluding diaryl/α,β-unsaturated/α-hetero) is 1. The monoisotopic (exact) mass is 482 g/mol. The van der Waals surface area contributed by atoms with Crippen molar-refractivity contribution >= 4 is 17.4 Å². The molecule has 0 spiro atoms. The second-order valence-electron chi connectivity index (χ2n) is 8.92. The zero-order valence-electron chi connectivity index (χ0n) is 19.9. The third-order valence-corrected chi connectivity index (χ3v) is 6.33. The number of ketones is 1. The van der Waals surface area contributed by atoms with E-state index in [9.17, 15) is 14.7 Å². The number of hydrogen-bond donors (Lipinski definition) is 1. The Bertz CT molecular complexity index is 1370. The number of carbonyl (C=O) groups is 2. The van der Waals surface area contributed by atoms with Gasteiger partial charge in [-0.3, -0.25) is 14.6 Å². The fourth-order valence-electron chi connectivity index (χ4n) is 4.73. The predicted octanol–water partition coefficient (Wildman–Crippen LogP) is 4.59. The van der Waals surface area contributed by atoms with E-state index in [0.29, 0.717) is 29.9 Å². The summed E-state index contributed by atoms with van der Waals surface area (Å²) in [7, 11) is 0. The van der Waals surface area contributed by atoms with E-state index in [0.717, 1.165) is 16.9 Å². The van der Waals surface area contributed by atoms with Crippen LogP contribution in [0.3, 0.4) is 0 Å². The van der Waals surface area contributed by atoms with Crippen molar-refractivity contribution in [3.63, 3.8) is 0 Å². The lowest BCUT2D eigenvalue weighted by Crippen LogP contribution is -2.29. The van der Waals surface area contributed by atoms with Crippen molar-refractivity contribution in [2.24, 2.45) is 0 Å². The minimum Gasteiger partial charge on any atom is -0.507 e. The summed E-state index contributed by atoms with van der Waals surface area (Å²) in [6.07, 6.45) is 5.69. The normalized spacial score (nSPS) is 20.2. The molecule has 0 aliphatic carbocycles. The van der Waals surface area contributed by atoms with Gasteiger partial charge in [-0.1, -0.05) is 30.9 Å². The molecule has 1 amide bonds. The molecule has 1 aromatic heterocycles. The molecule has 3 heterocycles. The first-order chi connectivity index (χ1) is 17.5. The molecule has 2 atom stereocenters. The molecule has 5 rings (SSSR count). The summed E-state index contributed by atoms with van der Waals surface area (Å²) >= 11 is 0. The number of amides is 1. The first-order valence-corrected chi connectivity index (χ1v) is 11.8. The van der Waals surface area contributed by atoms with Gasteiger partial charge in [-0.25, -0.2) is 0 Å². The molecule has 2 aliphatic heterocycles. The molecule has 0 saturated carbocycles. The maximum Gasteiger partial charge on any atom is 0.295 e. The number of nitrogens with zero attached hydrogens (tertiary/aromatic N) is 2. The summed E-state index contributed by atoms with van der Waals surface area (Å²) in [6, 6.07) is 15.3. The third-order valence-electron chi connectivity index (χ3n) is 6.33. The van der Waals surface area contributed by atoms with Crippen LogP contribution in [0.25, 0.3) is 5.76 Å². The van der Waals surface area contributed by atoms with Crippen molar-refractivity contribution in [2.75, 3.05) is 6.61 Å². The average molecular weight is 483 g/mol. The lowest BCUT2D eigenvalue weighted by Gasteiger charge is -2.25. The number of aliphatic hydroxyl groups excluding tert-OH is 1. The van der Waals surface area contributed by atoms with Crippen LogP contribution in [0.5, 0.6) is 11.5 Å². The Morgan fingerprint density at radius 1 is 1.22 bits per heavy atom. The van der Waals surface area contributed by atoms with Crippen LogP contribution in [0.4, 0.5) is 0 Å². The summed E-state index contributed by atoms with van der Waals surface area (Å²) in [6.45, 7) is 6.13. The lowest BCUT2D eigenvalue weighted by atomic mass is 9.94. The van der Waals surface area contributed by atoms with Crippen LogP contribution >= 0.6 is 0 Å². The zero-order valence-corrected chi connectivity index (χ0v) is 19.9. The molecular weight excluding hydrogens is 456 g/mol. The van der Waals surface area contributed by atoms with E-state index in [4.69, 9.17) is 9.47 Å². The minimum atomic E-state index is -0.805. The molecule has 0 unspecified atom stereocenters. The van der Waals surface area contributed by atoms with Crippen molar-refractivity contribution in [1.82, 2.24) is 9.88 Å². The van der Waals surface area contributed by atoms with Crippen molar-refractivity contribution in [2.45, 2.75) is 32.0 Å². The van der Waals surface area contributed by atoms with Gasteiger partial charge in [-0.2, -0.15) is 0 Å². The fraction of sp³-hybridized carbons (Fsp3) is 0.207. The summed E-state index contributed by atoms with van der Waals surface area (Å²) in [4.78, 5) is 32.2. The molecule has 1 N–H and O–H groups in total. The van der Waals surface area contributed by atoms with Crippen LogP contribution in [0.2, 0.25) is 0 Å². The number of likely N-dealkylation sites (tertiary alicyclic amines) is 1. The van der Waals surface area contributed by atoms with Crippen LogP contribution < -0.4 is 9.47 Å². The predicted molar refractivity (Wildman–Crippen MR) is 134 cm³/mol. The molecule has 0 radical (unpaired) electrons. The van der Waals surface area contributed by atoms with E-state index >= 15 is 0 Å². The maximum absolute atomic E-state index is 13.4. The molecule has 1 fully saturated rings. The summed E-state index contributed by atoms with van der Waals surface area (Å²) in [5.41, 5.74) is 2.88. The number of carbonyl (C=O) groups excluding carboxylic acids is 2. The average Bonchev–Trinajstić information content (AvgIpc) is 3.39. The second-order valence-corrected chi connectivity index (χ2v) is 8.92. The van der Waals surface area contributed by atoms with E-state index in [2.05, 4.69) is 11.6 Å².